The van der Waals surface area contributed by atoms with Crippen molar-refractivity contribution < 1.29 is 31.1 Å². The number of benzene rings is 2. The Bertz CT molecular complexity index is 1530. The number of carbonyl (C=O) groups is 1. The molecule has 0 bridgehead atoms. The van der Waals surface area contributed by atoms with Gasteiger partial charge in [0.25, 0.3) is 5.91 Å². The van der Waals surface area contributed by atoms with Crippen LogP contribution < -0.4 is 10.6 Å². The Morgan fingerprint density at radius 2 is 1.76 bits per heavy atom. The molecule has 0 spiro atoms. The molecule has 1 fully saturated rings. The van der Waals surface area contributed by atoms with Crippen LogP contribution in [0.2, 0.25) is 0 Å². The second-order valence-electron chi connectivity index (χ2n) is 8.90. The fourth-order valence-corrected chi connectivity index (χ4v) is 6.05. The quantitative estimate of drug-likeness (QED) is 0.338. The molecule has 3 heterocycles. The summed E-state index contributed by atoms with van der Waals surface area (Å²) in [7, 11) is 0. The first-order valence-electron chi connectivity index (χ1n) is 11.6. The maximum atomic E-state index is 14.9. The van der Waals surface area contributed by atoms with E-state index in [2.05, 4.69) is 11.6 Å². The minimum Gasteiger partial charge on any atom is -0.352 e. The van der Waals surface area contributed by atoms with Gasteiger partial charge in [-0.2, -0.15) is 18.2 Å². The first-order chi connectivity index (χ1) is 18.0. The van der Waals surface area contributed by atoms with E-state index in [4.69, 9.17) is 0 Å². The molecule has 6 nitrogen and oxygen atoms in total. The topological polar surface area (TPSA) is 58.4 Å². The number of anilines is 1. The average Bonchev–Trinajstić information content (AvgIpc) is 3.09. The van der Waals surface area contributed by atoms with Crippen LogP contribution in [0.25, 0.3) is 22.0 Å². The van der Waals surface area contributed by atoms with Crippen molar-refractivity contribution in [2.45, 2.75) is 24.0 Å². The molecule has 1 saturated heterocycles. The van der Waals surface area contributed by atoms with E-state index in [0.29, 0.717) is 18.2 Å². The Hall–Kier alpha value is -3.48. The summed E-state index contributed by atoms with van der Waals surface area (Å²) in [5, 5.41) is 0.0438. The lowest BCUT2D eigenvalue weighted by molar-refractivity contribution is -0.137. The van der Waals surface area contributed by atoms with Crippen molar-refractivity contribution in [1.82, 2.24) is 14.5 Å². The molecule has 1 amide bonds. The van der Waals surface area contributed by atoms with E-state index in [1.165, 1.54) is 9.47 Å². The molecule has 2 aromatic carbocycles. The number of rotatable bonds is 3. The molecule has 38 heavy (non-hydrogen) atoms. The zero-order valence-electron chi connectivity index (χ0n) is 19.7. The molecule has 2 aliphatic heterocycles. The van der Waals surface area contributed by atoms with Crippen LogP contribution in [0.15, 0.2) is 46.4 Å². The van der Waals surface area contributed by atoms with Crippen molar-refractivity contribution in [3.63, 3.8) is 0 Å². The highest BCUT2D eigenvalue weighted by Crippen LogP contribution is 2.48. The number of piperazine rings is 1. The summed E-state index contributed by atoms with van der Waals surface area (Å²) < 4.78 is 86.5. The zero-order chi connectivity index (χ0) is 27.4. The Morgan fingerprint density at radius 3 is 2.39 bits per heavy atom. The molecule has 3 aromatic rings. The molecular weight excluding hydrogens is 534 g/mol. The van der Waals surface area contributed by atoms with Crippen LogP contribution in [0, 0.1) is 11.6 Å². The molecule has 0 aliphatic carbocycles. The maximum absolute atomic E-state index is 14.9. The third kappa shape index (κ3) is 4.52. The van der Waals surface area contributed by atoms with Gasteiger partial charge < -0.3 is 9.80 Å². The molecule has 13 heteroatoms. The second-order valence-corrected chi connectivity index (χ2v) is 10.0. The number of aryl methyl sites for hydroxylation is 1. The summed E-state index contributed by atoms with van der Waals surface area (Å²) in [6.45, 7) is 3.45. The number of hydrogen-bond acceptors (Lipinski definition) is 5. The Kier molecular flexibility index (Phi) is 6.66. The number of hydrogen-bond donors (Lipinski definition) is 0. The van der Waals surface area contributed by atoms with Gasteiger partial charge in [0.15, 0.2) is 5.83 Å². The number of carbonyl (C=O) groups excluding carboxylic acids is 1. The van der Waals surface area contributed by atoms with Crippen molar-refractivity contribution in [2.75, 3.05) is 36.8 Å². The number of alkyl halides is 3. The summed E-state index contributed by atoms with van der Waals surface area (Å²) in [5.74, 6) is -3.75. The molecule has 5 rings (SSSR count). The van der Waals surface area contributed by atoms with Gasteiger partial charge in [0.1, 0.15) is 17.5 Å². The fourth-order valence-electron chi connectivity index (χ4n) is 4.86. The van der Waals surface area contributed by atoms with E-state index in [1.54, 1.807) is 4.90 Å². The summed E-state index contributed by atoms with van der Waals surface area (Å²) >= 11 is 1.07. The van der Waals surface area contributed by atoms with Crippen molar-refractivity contribution >= 4 is 34.4 Å². The zero-order valence-corrected chi connectivity index (χ0v) is 20.6. The molecular formula is C25H20F6N4O2S. The lowest BCUT2D eigenvalue weighted by Gasteiger charge is -2.35. The van der Waals surface area contributed by atoms with E-state index in [1.807, 2.05) is 0 Å². The Morgan fingerprint density at radius 1 is 1.05 bits per heavy atom. The fraction of sp³-hybridized carbons (Fsp3) is 0.320. The Balaban J connectivity index is 1.76. The molecule has 0 N–H and O–H groups in total. The van der Waals surface area contributed by atoms with Crippen LogP contribution >= 0.6 is 11.8 Å². The SMILES string of the molecule is C=C(F)C(=O)N1CCN(c2nc(=O)n3c4c(c(-c5ccc(F)cc5F)c(C(F)(F)F)cc24)SCCC3)CC1. The molecule has 0 saturated carbocycles. The number of thioether (sulfide) groups is 1. The number of halogens is 6. The number of nitrogens with zero attached hydrogens (tertiary/aromatic N) is 4. The van der Waals surface area contributed by atoms with Gasteiger partial charge in [-0.3, -0.25) is 9.36 Å². The van der Waals surface area contributed by atoms with Gasteiger partial charge in [0.05, 0.1) is 11.1 Å². The third-order valence-electron chi connectivity index (χ3n) is 6.58. The highest BCUT2D eigenvalue weighted by Gasteiger charge is 2.38. The molecule has 0 atom stereocenters. The minimum atomic E-state index is -4.92. The number of aromatic nitrogens is 2. The van der Waals surface area contributed by atoms with E-state index in [-0.39, 0.29) is 54.3 Å². The second kappa shape index (κ2) is 9.68. The average molecular weight is 555 g/mol. The van der Waals surface area contributed by atoms with Gasteiger partial charge >= 0.3 is 11.9 Å². The lowest BCUT2D eigenvalue weighted by atomic mass is 9.95. The normalized spacial score (nSPS) is 16.1. The largest absolute Gasteiger partial charge is 0.417 e. The smallest absolute Gasteiger partial charge is 0.352 e. The van der Waals surface area contributed by atoms with Crippen LogP contribution in [0.4, 0.5) is 32.2 Å². The van der Waals surface area contributed by atoms with Gasteiger partial charge in [-0.05, 0) is 30.4 Å². The molecule has 1 aromatic heterocycles. The van der Waals surface area contributed by atoms with Crippen LogP contribution in [-0.4, -0.2) is 52.3 Å². The molecule has 2 aliphatic rings. The van der Waals surface area contributed by atoms with Crippen LogP contribution in [0.5, 0.6) is 0 Å². The standard InChI is InChI=1S/C25H20F6N4O2S/c1-13(26)23(36)34-8-6-33(7-9-34)22-16-12-17(25(29,30)31)19(15-4-3-14(27)11-18(15)28)21-20(16)35(24(37)32-22)5-2-10-38-21/h3-4,11-12H,1-2,5-10H2. The van der Waals surface area contributed by atoms with Gasteiger partial charge in [-0.25, -0.2) is 18.0 Å². The van der Waals surface area contributed by atoms with Crippen molar-refractivity contribution in [3.8, 4) is 11.1 Å². The van der Waals surface area contributed by atoms with Gasteiger partial charge in [0, 0.05) is 60.2 Å². The monoisotopic (exact) mass is 554 g/mol. The van der Waals surface area contributed by atoms with Gasteiger partial charge in [-0.1, -0.05) is 6.58 Å². The summed E-state index contributed by atoms with van der Waals surface area (Å²) in [5.41, 5.74) is -2.53. The summed E-state index contributed by atoms with van der Waals surface area (Å²) in [6, 6.07) is 3.21. The third-order valence-corrected chi connectivity index (χ3v) is 7.75. The van der Waals surface area contributed by atoms with E-state index >= 15 is 0 Å². The van der Waals surface area contributed by atoms with Crippen LogP contribution in [0.1, 0.15) is 12.0 Å². The first-order valence-corrected chi connectivity index (χ1v) is 12.6. The van der Waals surface area contributed by atoms with Crippen molar-refractivity contribution in [1.29, 1.82) is 0 Å². The summed E-state index contributed by atoms with van der Waals surface area (Å²) in [6.07, 6.45) is -4.46. The summed E-state index contributed by atoms with van der Waals surface area (Å²) in [4.78, 5) is 32.0. The van der Waals surface area contributed by atoms with Crippen molar-refractivity contribution in [3.05, 3.63) is 64.4 Å². The van der Waals surface area contributed by atoms with Crippen LogP contribution in [-0.2, 0) is 17.5 Å². The number of amides is 1. The highest BCUT2D eigenvalue weighted by atomic mass is 32.2. The van der Waals surface area contributed by atoms with Crippen molar-refractivity contribution in [2.24, 2.45) is 0 Å². The predicted octanol–water partition coefficient (Wildman–Crippen LogP) is 4.99. The first kappa shape index (κ1) is 26.1. The maximum Gasteiger partial charge on any atom is 0.417 e. The minimum absolute atomic E-state index is 0.00666. The van der Waals surface area contributed by atoms with E-state index < -0.39 is 51.9 Å². The molecule has 0 unspecified atom stereocenters. The highest BCUT2D eigenvalue weighted by molar-refractivity contribution is 7.99. The Labute approximate surface area is 216 Å². The van der Waals surface area contributed by atoms with E-state index in [0.717, 1.165) is 30.0 Å². The van der Waals surface area contributed by atoms with E-state index in [9.17, 15) is 35.9 Å². The van der Waals surface area contributed by atoms with Gasteiger partial charge in [-0.15, -0.1) is 11.8 Å². The van der Waals surface area contributed by atoms with Crippen LogP contribution in [0.3, 0.4) is 0 Å². The predicted molar refractivity (Wildman–Crippen MR) is 131 cm³/mol. The lowest BCUT2D eigenvalue weighted by Crippen LogP contribution is -2.49. The van der Waals surface area contributed by atoms with Gasteiger partial charge in [0.2, 0.25) is 0 Å². The molecule has 0 radical (unpaired) electrons. The molecule has 200 valence electrons.